The number of aliphatic carboxylic acids is 1. The van der Waals surface area contributed by atoms with Gasteiger partial charge in [0.25, 0.3) is 0 Å². The second-order valence-electron chi connectivity index (χ2n) is 7.26. The Kier molecular flexibility index (Phi) is 4.43. The number of hydrogen-bond acceptors (Lipinski definition) is 6. The van der Waals surface area contributed by atoms with Crippen molar-refractivity contribution in [1.82, 2.24) is 14.9 Å². The largest absolute Gasteiger partial charge is 0.481 e. The molecule has 8 heteroatoms. The van der Waals surface area contributed by atoms with Gasteiger partial charge in [0.2, 0.25) is 5.91 Å². The first-order chi connectivity index (χ1) is 12.4. The molecule has 1 aliphatic heterocycles. The van der Waals surface area contributed by atoms with Crippen LogP contribution >= 0.6 is 23.1 Å². The van der Waals surface area contributed by atoms with Crippen molar-refractivity contribution in [2.75, 3.05) is 18.8 Å². The molecule has 3 heterocycles. The van der Waals surface area contributed by atoms with Crippen molar-refractivity contribution in [3.63, 3.8) is 0 Å². The molecule has 6 nitrogen and oxygen atoms in total. The van der Waals surface area contributed by atoms with E-state index in [-0.39, 0.29) is 17.6 Å². The van der Waals surface area contributed by atoms with Gasteiger partial charge in [0, 0.05) is 23.4 Å². The Labute approximate surface area is 160 Å². The number of rotatable bonds is 4. The fourth-order valence-electron chi connectivity index (χ4n) is 4.31. The number of aryl methyl sites for hydroxylation is 2. The van der Waals surface area contributed by atoms with E-state index >= 15 is 0 Å². The van der Waals surface area contributed by atoms with E-state index in [0.717, 1.165) is 28.1 Å². The van der Waals surface area contributed by atoms with Crippen molar-refractivity contribution in [2.24, 2.45) is 11.3 Å². The van der Waals surface area contributed by atoms with Gasteiger partial charge in [-0.1, -0.05) is 18.2 Å². The highest BCUT2D eigenvalue weighted by molar-refractivity contribution is 8.00. The summed E-state index contributed by atoms with van der Waals surface area (Å²) in [5.74, 6) is -0.365. The Morgan fingerprint density at radius 1 is 1.42 bits per heavy atom. The molecule has 2 aromatic rings. The number of fused-ring (bicyclic) bond motifs is 2. The minimum Gasteiger partial charge on any atom is -0.481 e. The molecule has 1 saturated carbocycles. The van der Waals surface area contributed by atoms with Crippen LogP contribution in [0.2, 0.25) is 0 Å². The molecule has 2 aliphatic rings. The molecule has 1 aliphatic carbocycles. The first-order valence-electron chi connectivity index (χ1n) is 8.77. The number of carbonyl (C=O) groups is 2. The summed E-state index contributed by atoms with van der Waals surface area (Å²) >= 11 is 3.07. The molecule has 2 fully saturated rings. The Hall–Kier alpha value is -1.67. The number of amides is 1. The third-order valence-electron chi connectivity index (χ3n) is 5.91. The van der Waals surface area contributed by atoms with Crippen LogP contribution in [0, 0.1) is 25.2 Å². The standard InChI is InChI=1S/C18H21N3O3S2/c1-10-11(2)26-16-14(10)15(19-9-20-16)25-7-13(22)21-6-12-4-3-5-18(12,8-21)17(23)24/h9,12H,3-8H2,1-2H3,(H,23,24)/t12-,18+/m0/s1. The predicted molar refractivity (Wildman–Crippen MR) is 102 cm³/mol. The van der Waals surface area contributed by atoms with Gasteiger partial charge in [0.15, 0.2) is 0 Å². The fourth-order valence-corrected chi connectivity index (χ4v) is 6.33. The summed E-state index contributed by atoms with van der Waals surface area (Å²) in [4.78, 5) is 37.1. The summed E-state index contributed by atoms with van der Waals surface area (Å²) in [7, 11) is 0. The maximum atomic E-state index is 12.7. The van der Waals surface area contributed by atoms with Gasteiger partial charge in [-0.15, -0.1) is 11.3 Å². The van der Waals surface area contributed by atoms with Gasteiger partial charge in [-0.3, -0.25) is 9.59 Å². The van der Waals surface area contributed by atoms with Crippen molar-refractivity contribution in [3.05, 3.63) is 16.8 Å². The predicted octanol–water partition coefficient (Wildman–Crippen LogP) is 3.11. The van der Waals surface area contributed by atoms with Crippen LogP contribution in [0.5, 0.6) is 0 Å². The Balaban J connectivity index is 1.48. The second kappa shape index (κ2) is 6.49. The number of carbonyl (C=O) groups excluding carboxylic acids is 1. The van der Waals surface area contributed by atoms with Crippen molar-refractivity contribution < 1.29 is 14.7 Å². The van der Waals surface area contributed by atoms with Crippen molar-refractivity contribution in [2.45, 2.75) is 38.1 Å². The van der Waals surface area contributed by atoms with E-state index in [2.05, 4.69) is 23.8 Å². The third-order valence-corrected chi connectivity index (χ3v) is 8.00. The van der Waals surface area contributed by atoms with Gasteiger partial charge in [-0.05, 0) is 38.2 Å². The number of nitrogens with zero attached hydrogens (tertiary/aromatic N) is 3. The maximum Gasteiger partial charge on any atom is 0.311 e. The molecule has 1 amide bonds. The van der Waals surface area contributed by atoms with E-state index in [9.17, 15) is 14.7 Å². The van der Waals surface area contributed by atoms with Crippen LogP contribution < -0.4 is 0 Å². The van der Waals surface area contributed by atoms with Gasteiger partial charge in [-0.25, -0.2) is 9.97 Å². The van der Waals surface area contributed by atoms with Crippen molar-refractivity contribution in [1.29, 1.82) is 0 Å². The molecular weight excluding hydrogens is 370 g/mol. The first kappa shape index (κ1) is 17.7. The molecule has 0 bridgehead atoms. The summed E-state index contributed by atoms with van der Waals surface area (Å²) in [6.45, 7) is 5.04. The Morgan fingerprint density at radius 3 is 2.96 bits per heavy atom. The zero-order valence-corrected chi connectivity index (χ0v) is 16.5. The summed E-state index contributed by atoms with van der Waals surface area (Å²) in [6, 6.07) is 0. The number of carboxylic acids is 1. The van der Waals surface area contributed by atoms with Crippen LogP contribution in [-0.4, -0.2) is 50.7 Å². The van der Waals surface area contributed by atoms with Gasteiger partial charge < -0.3 is 10.0 Å². The van der Waals surface area contributed by atoms with E-state index in [0.29, 0.717) is 19.5 Å². The van der Waals surface area contributed by atoms with Crippen LogP contribution in [0.15, 0.2) is 11.4 Å². The number of hydrogen-bond donors (Lipinski definition) is 1. The monoisotopic (exact) mass is 391 g/mol. The van der Waals surface area contributed by atoms with Gasteiger partial charge in [0.1, 0.15) is 16.2 Å². The minimum atomic E-state index is -0.746. The average Bonchev–Trinajstić information content (AvgIpc) is 3.25. The van der Waals surface area contributed by atoms with Crippen LogP contribution in [0.25, 0.3) is 10.2 Å². The summed E-state index contributed by atoms with van der Waals surface area (Å²) < 4.78 is 0. The normalized spacial score (nSPS) is 25.0. The molecule has 138 valence electrons. The molecule has 0 radical (unpaired) electrons. The highest BCUT2D eigenvalue weighted by Crippen LogP contribution is 2.49. The van der Waals surface area contributed by atoms with E-state index < -0.39 is 11.4 Å². The van der Waals surface area contributed by atoms with Crippen LogP contribution in [-0.2, 0) is 9.59 Å². The SMILES string of the molecule is Cc1sc2ncnc(SCC(=O)N3C[C@@H]4CCC[C@@]4(C(=O)O)C3)c2c1C. The quantitative estimate of drug-likeness (QED) is 0.637. The number of thiophene rings is 1. The molecule has 0 spiro atoms. The molecule has 0 aromatic carbocycles. The van der Waals surface area contributed by atoms with Crippen LogP contribution in [0.1, 0.15) is 29.7 Å². The van der Waals surface area contributed by atoms with E-state index in [1.165, 1.54) is 22.2 Å². The van der Waals surface area contributed by atoms with E-state index in [4.69, 9.17) is 0 Å². The van der Waals surface area contributed by atoms with Crippen molar-refractivity contribution in [3.8, 4) is 0 Å². The lowest BCUT2D eigenvalue weighted by Gasteiger charge is -2.23. The molecule has 26 heavy (non-hydrogen) atoms. The van der Waals surface area contributed by atoms with Gasteiger partial charge >= 0.3 is 5.97 Å². The average molecular weight is 392 g/mol. The van der Waals surface area contributed by atoms with Crippen molar-refractivity contribution >= 4 is 45.2 Å². The van der Waals surface area contributed by atoms with E-state index in [1.807, 2.05) is 0 Å². The lowest BCUT2D eigenvalue weighted by Crippen LogP contribution is -2.37. The van der Waals surface area contributed by atoms with Crippen LogP contribution in [0.4, 0.5) is 0 Å². The smallest absolute Gasteiger partial charge is 0.311 e. The number of carboxylic acid groups (broad SMARTS) is 1. The third kappa shape index (κ3) is 2.70. The molecule has 4 rings (SSSR count). The Bertz CT molecular complexity index is 897. The fraction of sp³-hybridized carbons (Fsp3) is 0.556. The minimum absolute atomic E-state index is 0.00129. The summed E-state index contributed by atoms with van der Waals surface area (Å²) in [5.41, 5.74) is 0.449. The lowest BCUT2D eigenvalue weighted by atomic mass is 9.81. The molecular formula is C18H21N3O3S2. The highest BCUT2D eigenvalue weighted by atomic mass is 32.2. The molecule has 1 N–H and O–H groups in total. The van der Waals surface area contributed by atoms with Gasteiger partial charge in [0.05, 0.1) is 11.2 Å². The zero-order valence-electron chi connectivity index (χ0n) is 14.8. The summed E-state index contributed by atoms with van der Waals surface area (Å²) in [6.07, 6.45) is 4.08. The molecule has 2 aromatic heterocycles. The molecule has 1 saturated heterocycles. The highest BCUT2D eigenvalue weighted by Gasteiger charge is 2.55. The van der Waals surface area contributed by atoms with Gasteiger partial charge in [-0.2, -0.15) is 0 Å². The Morgan fingerprint density at radius 2 is 2.23 bits per heavy atom. The first-order valence-corrected chi connectivity index (χ1v) is 10.6. The number of likely N-dealkylation sites (tertiary alicyclic amines) is 1. The topological polar surface area (TPSA) is 83.4 Å². The maximum absolute atomic E-state index is 12.7. The zero-order chi connectivity index (χ0) is 18.5. The van der Waals surface area contributed by atoms with E-state index in [1.54, 1.807) is 22.6 Å². The molecule has 2 atom stereocenters. The number of thioether (sulfide) groups is 1. The summed E-state index contributed by atoms with van der Waals surface area (Å²) in [5, 5.41) is 11.5. The van der Waals surface area contributed by atoms with Crippen LogP contribution in [0.3, 0.4) is 0 Å². The number of aromatic nitrogens is 2. The second-order valence-corrected chi connectivity index (χ2v) is 9.42. The lowest BCUT2D eigenvalue weighted by molar-refractivity contribution is -0.149. The molecule has 0 unspecified atom stereocenters.